The molecule has 2 N–H and O–H groups in total. The van der Waals surface area contributed by atoms with Gasteiger partial charge in [-0.1, -0.05) is 6.92 Å². The summed E-state index contributed by atoms with van der Waals surface area (Å²) >= 11 is 0. The van der Waals surface area contributed by atoms with Crippen LogP contribution < -0.4 is 10.6 Å². The fourth-order valence-electron chi connectivity index (χ4n) is 2.23. The highest BCUT2D eigenvalue weighted by Crippen LogP contribution is 2.25. The standard InChI is InChI=1S/C14H24N4O/c1-4-7-15-13-17-11(2)9-12(18-13)16-10-14(3)6-5-8-19-14/h9H,4-8,10H2,1-3H3,(H2,15,16,17,18). The van der Waals surface area contributed by atoms with Gasteiger partial charge < -0.3 is 15.4 Å². The van der Waals surface area contributed by atoms with Crippen LogP contribution in [0.3, 0.4) is 0 Å². The Labute approximate surface area is 115 Å². The number of nitrogens with one attached hydrogen (secondary N) is 2. The molecule has 0 aliphatic carbocycles. The maximum Gasteiger partial charge on any atom is 0.224 e. The number of anilines is 2. The Bertz CT molecular complexity index is 416. The molecule has 0 amide bonds. The number of aromatic nitrogens is 2. The molecule has 1 atom stereocenters. The van der Waals surface area contributed by atoms with E-state index >= 15 is 0 Å². The molecule has 0 radical (unpaired) electrons. The van der Waals surface area contributed by atoms with Crippen molar-refractivity contribution < 1.29 is 4.74 Å². The van der Waals surface area contributed by atoms with Crippen molar-refractivity contribution >= 4 is 11.8 Å². The van der Waals surface area contributed by atoms with Gasteiger partial charge in [-0.25, -0.2) is 4.98 Å². The molecule has 1 unspecified atom stereocenters. The maximum absolute atomic E-state index is 5.77. The molecule has 106 valence electrons. The largest absolute Gasteiger partial charge is 0.373 e. The van der Waals surface area contributed by atoms with E-state index < -0.39 is 0 Å². The molecule has 19 heavy (non-hydrogen) atoms. The molecule has 1 aromatic rings. The van der Waals surface area contributed by atoms with Crippen LogP contribution in [0.5, 0.6) is 0 Å². The number of hydrogen-bond donors (Lipinski definition) is 2. The third-order valence-corrected chi connectivity index (χ3v) is 3.33. The second-order valence-electron chi connectivity index (χ2n) is 5.40. The Morgan fingerprint density at radius 1 is 1.37 bits per heavy atom. The van der Waals surface area contributed by atoms with Gasteiger partial charge in [0.25, 0.3) is 0 Å². The summed E-state index contributed by atoms with van der Waals surface area (Å²) < 4.78 is 5.77. The van der Waals surface area contributed by atoms with Gasteiger partial charge in [0.15, 0.2) is 0 Å². The van der Waals surface area contributed by atoms with Crippen LogP contribution in [0, 0.1) is 6.92 Å². The van der Waals surface area contributed by atoms with Gasteiger partial charge in [-0.2, -0.15) is 4.98 Å². The van der Waals surface area contributed by atoms with E-state index in [0.717, 1.165) is 50.5 Å². The fourth-order valence-corrected chi connectivity index (χ4v) is 2.23. The van der Waals surface area contributed by atoms with Crippen molar-refractivity contribution in [1.82, 2.24) is 9.97 Å². The Balaban J connectivity index is 1.97. The zero-order valence-corrected chi connectivity index (χ0v) is 12.1. The maximum atomic E-state index is 5.77. The molecule has 5 nitrogen and oxygen atoms in total. The van der Waals surface area contributed by atoms with Crippen molar-refractivity contribution in [1.29, 1.82) is 0 Å². The highest BCUT2D eigenvalue weighted by molar-refractivity contribution is 5.42. The van der Waals surface area contributed by atoms with E-state index in [-0.39, 0.29) is 5.60 Å². The number of aryl methyl sites for hydroxylation is 1. The zero-order valence-electron chi connectivity index (χ0n) is 12.1. The molecule has 1 saturated heterocycles. The fraction of sp³-hybridized carbons (Fsp3) is 0.714. The van der Waals surface area contributed by atoms with Crippen LogP contribution in [-0.4, -0.2) is 35.3 Å². The van der Waals surface area contributed by atoms with Crippen LogP contribution in [0.2, 0.25) is 0 Å². The SMILES string of the molecule is CCCNc1nc(C)cc(NCC2(C)CCCO2)n1. The Morgan fingerprint density at radius 3 is 2.89 bits per heavy atom. The number of hydrogen-bond acceptors (Lipinski definition) is 5. The van der Waals surface area contributed by atoms with Crippen molar-refractivity contribution in [3.05, 3.63) is 11.8 Å². The van der Waals surface area contributed by atoms with Crippen molar-refractivity contribution in [2.75, 3.05) is 30.3 Å². The molecule has 2 heterocycles. The van der Waals surface area contributed by atoms with Crippen LogP contribution in [0.25, 0.3) is 0 Å². The quantitative estimate of drug-likeness (QED) is 0.827. The van der Waals surface area contributed by atoms with Crippen LogP contribution in [0.1, 0.15) is 38.8 Å². The molecule has 1 aromatic heterocycles. The Hall–Kier alpha value is -1.36. The number of ether oxygens (including phenoxy) is 1. The van der Waals surface area contributed by atoms with Gasteiger partial charge >= 0.3 is 0 Å². The summed E-state index contributed by atoms with van der Waals surface area (Å²) in [4.78, 5) is 8.85. The van der Waals surface area contributed by atoms with Crippen LogP contribution in [0.15, 0.2) is 6.07 Å². The minimum absolute atomic E-state index is 0.0597. The first-order valence-electron chi connectivity index (χ1n) is 7.09. The van der Waals surface area contributed by atoms with Gasteiger partial charge in [0.05, 0.1) is 5.60 Å². The van der Waals surface area contributed by atoms with Crippen molar-refractivity contribution in [2.24, 2.45) is 0 Å². The highest BCUT2D eigenvalue weighted by Gasteiger charge is 2.29. The van der Waals surface area contributed by atoms with E-state index in [1.54, 1.807) is 0 Å². The van der Waals surface area contributed by atoms with Crippen molar-refractivity contribution in [3.8, 4) is 0 Å². The predicted molar refractivity (Wildman–Crippen MR) is 77.6 cm³/mol. The van der Waals surface area contributed by atoms with E-state index in [9.17, 15) is 0 Å². The average molecular weight is 264 g/mol. The second kappa shape index (κ2) is 6.19. The first kappa shape index (κ1) is 14.1. The molecule has 1 aliphatic rings. The van der Waals surface area contributed by atoms with Gasteiger partial charge in [0.1, 0.15) is 5.82 Å². The minimum Gasteiger partial charge on any atom is -0.373 e. The third-order valence-electron chi connectivity index (χ3n) is 3.33. The van der Waals surface area contributed by atoms with Crippen molar-refractivity contribution in [2.45, 2.75) is 45.6 Å². The summed E-state index contributed by atoms with van der Waals surface area (Å²) in [5, 5.41) is 6.59. The van der Waals surface area contributed by atoms with Crippen molar-refractivity contribution in [3.63, 3.8) is 0 Å². The summed E-state index contributed by atoms with van der Waals surface area (Å²) in [6.45, 7) is 8.81. The van der Waals surface area contributed by atoms with Gasteiger partial charge in [0.2, 0.25) is 5.95 Å². The molecule has 0 saturated carbocycles. The first-order chi connectivity index (χ1) is 9.11. The summed E-state index contributed by atoms with van der Waals surface area (Å²) in [6, 6.07) is 1.97. The molecule has 1 fully saturated rings. The number of nitrogens with zero attached hydrogens (tertiary/aromatic N) is 2. The van der Waals surface area contributed by atoms with Gasteiger partial charge in [-0.15, -0.1) is 0 Å². The topological polar surface area (TPSA) is 59.1 Å². The molecular formula is C14H24N4O. The second-order valence-corrected chi connectivity index (χ2v) is 5.40. The zero-order chi connectivity index (χ0) is 13.7. The van der Waals surface area contributed by atoms with E-state index in [1.807, 2.05) is 13.0 Å². The molecule has 0 aromatic carbocycles. The third kappa shape index (κ3) is 4.06. The number of rotatable bonds is 6. The van der Waals surface area contributed by atoms with Gasteiger partial charge in [0, 0.05) is 31.5 Å². The molecule has 2 rings (SSSR count). The van der Waals surface area contributed by atoms with Gasteiger partial charge in [-0.3, -0.25) is 0 Å². The summed E-state index contributed by atoms with van der Waals surface area (Å²) in [6.07, 6.45) is 3.31. The highest BCUT2D eigenvalue weighted by atomic mass is 16.5. The van der Waals surface area contributed by atoms with E-state index in [0.29, 0.717) is 5.95 Å². The van der Waals surface area contributed by atoms with E-state index in [1.165, 1.54) is 0 Å². The molecule has 5 heteroatoms. The summed E-state index contributed by atoms with van der Waals surface area (Å²) in [5.74, 6) is 1.56. The molecule has 0 spiro atoms. The summed E-state index contributed by atoms with van der Waals surface area (Å²) in [7, 11) is 0. The molecule has 1 aliphatic heterocycles. The molecule has 0 bridgehead atoms. The van der Waals surface area contributed by atoms with E-state index in [4.69, 9.17) is 4.74 Å². The van der Waals surface area contributed by atoms with Crippen LogP contribution >= 0.6 is 0 Å². The smallest absolute Gasteiger partial charge is 0.224 e. The lowest BCUT2D eigenvalue weighted by Gasteiger charge is -2.23. The normalized spacial score (nSPS) is 22.5. The average Bonchev–Trinajstić information content (AvgIpc) is 2.81. The Kier molecular flexibility index (Phi) is 4.58. The monoisotopic (exact) mass is 264 g/mol. The Morgan fingerprint density at radius 2 is 2.21 bits per heavy atom. The lowest BCUT2D eigenvalue weighted by atomic mass is 10.0. The predicted octanol–water partition coefficient (Wildman–Crippen LogP) is 2.59. The lowest BCUT2D eigenvalue weighted by Crippen LogP contribution is -2.32. The van der Waals surface area contributed by atoms with Crippen LogP contribution in [-0.2, 0) is 4.74 Å². The minimum atomic E-state index is -0.0597. The summed E-state index contributed by atoms with van der Waals surface area (Å²) in [5.41, 5.74) is 0.907. The first-order valence-corrected chi connectivity index (χ1v) is 7.09. The van der Waals surface area contributed by atoms with Crippen LogP contribution in [0.4, 0.5) is 11.8 Å². The van der Waals surface area contributed by atoms with E-state index in [2.05, 4.69) is 34.4 Å². The van der Waals surface area contributed by atoms with Gasteiger partial charge in [-0.05, 0) is 33.1 Å². The molecular weight excluding hydrogens is 240 g/mol. The lowest BCUT2D eigenvalue weighted by molar-refractivity contribution is 0.0315.